The molecule has 2 rings (SSSR count). The van der Waals surface area contributed by atoms with Crippen molar-refractivity contribution < 1.29 is 22.8 Å². The van der Waals surface area contributed by atoms with Gasteiger partial charge in [0.05, 0.1) is 15.5 Å². The normalized spacial score (nSPS) is 11.4. The molecule has 7 nitrogen and oxygen atoms in total. The lowest BCUT2D eigenvalue weighted by atomic mass is 10.2. The van der Waals surface area contributed by atoms with Gasteiger partial charge in [-0.1, -0.05) is 16.8 Å². The zero-order valence-electron chi connectivity index (χ0n) is 10.4. The van der Waals surface area contributed by atoms with Crippen molar-refractivity contribution >= 4 is 49.3 Å². The van der Waals surface area contributed by atoms with E-state index >= 15 is 0 Å². The minimum atomic E-state index is -4.02. The molecule has 0 fully saturated rings. The number of nitrogens with zero attached hydrogens (tertiary/aromatic N) is 1. The molecule has 1 aromatic carbocycles. The molecular weight excluding hydrogens is 388 g/mol. The minimum absolute atomic E-state index is 0.00422. The maximum Gasteiger partial charge on any atom is 0.337 e. The molecular formula is C11H8BrClN2O5S. The molecule has 0 aliphatic heterocycles. The van der Waals surface area contributed by atoms with Gasteiger partial charge in [0.15, 0.2) is 5.82 Å². The highest BCUT2D eigenvalue weighted by atomic mass is 79.9. The van der Waals surface area contributed by atoms with E-state index in [1.807, 2.05) is 0 Å². The molecule has 1 aromatic heterocycles. The molecule has 112 valence electrons. The average molecular weight is 396 g/mol. The summed E-state index contributed by atoms with van der Waals surface area (Å²) < 4.78 is 31.5. The fourth-order valence-corrected chi connectivity index (χ4v) is 3.32. The maximum absolute atomic E-state index is 12.2. The molecule has 0 unspecified atom stereocenters. The molecule has 0 aliphatic rings. The van der Waals surface area contributed by atoms with E-state index in [1.54, 1.807) is 6.92 Å². The monoisotopic (exact) mass is 394 g/mol. The summed E-state index contributed by atoms with van der Waals surface area (Å²) in [5.41, 5.74) is -0.331. The number of benzene rings is 1. The Hall–Kier alpha value is -1.58. The summed E-state index contributed by atoms with van der Waals surface area (Å²) in [5, 5.41) is 12.4. The van der Waals surface area contributed by atoms with Gasteiger partial charge in [-0.05, 0) is 35.0 Å². The lowest BCUT2D eigenvalue weighted by molar-refractivity contribution is 0.0696. The van der Waals surface area contributed by atoms with Crippen molar-refractivity contribution in [2.45, 2.75) is 11.8 Å². The number of hydrogen-bond donors (Lipinski definition) is 2. The van der Waals surface area contributed by atoms with Crippen molar-refractivity contribution in [2.24, 2.45) is 0 Å². The average Bonchev–Trinajstić information content (AvgIpc) is 2.76. The van der Waals surface area contributed by atoms with E-state index in [0.717, 1.165) is 6.07 Å². The predicted molar refractivity (Wildman–Crippen MR) is 78.2 cm³/mol. The summed E-state index contributed by atoms with van der Waals surface area (Å²) in [7, 11) is -4.02. The van der Waals surface area contributed by atoms with E-state index in [9.17, 15) is 13.2 Å². The zero-order valence-corrected chi connectivity index (χ0v) is 13.6. The number of aromatic nitrogens is 1. The first-order valence-corrected chi connectivity index (χ1v) is 8.04. The second kappa shape index (κ2) is 5.66. The highest BCUT2D eigenvalue weighted by Gasteiger charge is 2.22. The quantitative estimate of drug-likeness (QED) is 0.824. The fourth-order valence-electron chi connectivity index (χ4n) is 1.49. The van der Waals surface area contributed by atoms with E-state index in [1.165, 1.54) is 12.1 Å². The summed E-state index contributed by atoms with van der Waals surface area (Å²) in [6.07, 6.45) is 0. The van der Waals surface area contributed by atoms with E-state index < -0.39 is 16.0 Å². The van der Waals surface area contributed by atoms with Gasteiger partial charge in [0, 0.05) is 10.5 Å². The maximum atomic E-state index is 12.2. The molecule has 21 heavy (non-hydrogen) atoms. The van der Waals surface area contributed by atoms with Crippen LogP contribution >= 0.6 is 27.5 Å². The number of nitrogens with one attached hydrogen (secondary N) is 1. The highest BCUT2D eigenvalue weighted by molar-refractivity contribution is 9.10. The Bertz CT molecular complexity index is 818. The molecule has 10 heteroatoms. The van der Waals surface area contributed by atoms with E-state index in [2.05, 4.69) is 25.8 Å². The number of carboxylic acid groups (broad SMARTS) is 1. The number of hydrogen-bond acceptors (Lipinski definition) is 5. The van der Waals surface area contributed by atoms with Gasteiger partial charge in [-0.3, -0.25) is 4.72 Å². The smallest absolute Gasteiger partial charge is 0.337 e. The van der Waals surface area contributed by atoms with Gasteiger partial charge in [0.1, 0.15) is 5.76 Å². The van der Waals surface area contributed by atoms with Crippen LogP contribution < -0.4 is 4.72 Å². The van der Waals surface area contributed by atoms with Gasteiger partial charge in [0.2, 0.25) is 0 Å². The molecule has 0 amide bonds. The van der Waals surface area contributed by atoms with Crippen molar-refractivity contribution in [3.63, 3.8) is 0 Å². The third-order valence-electron chi connectivity index (χ3n) is 2.41. The Balaban J connectivity index is 2.47. The standard InChI is InChI=1S/C11H8BrClN2O5S/c1-5-2-9(14-20-5)15-21(18,19)6-3-7(11(16)17)10(13)8(12)4-6/h2-4H,1H3,(H,14,15)(H,16,17). The fraction of sp³-hybridized carbons (Fsp3) is 0.0909. The van der Waals surface area contributed by atoms with Crippen molar-refractivity contribution in [2.75, 3.05) is 4.72 Å². The molecule has 0 saturated heterocycles. The molecule has 0 aliphatic carbocycles. The lowest BCUT2D eigenvalue weighted by Crippen LogP contribution is -2.14. The molecule has 0 radical (unpaired) electrons. The van der Waals surface area contributed by atoms with Crippen molar-refractivity contribution in [3.8, 4) is 0 Å². The Kier molecular flexibility index (Phi) is 4.26. The number of aryl methyl sites for hydroxylation is 1. The molecule has 0 bridgehead atoms. The van der Waals surface area contributed by atoms with Crippen LogP contribution in [-0.2, 0) is 10.0 Å². The third-order valence-corrected chi connectivity index (χ3v) is 5.00. The highest BCUT2D eigenvalue weighted by Crippen LogP contribution is 2.30. The van der Waals surface area contributed by atoms with Gasteiger partial charge in [-0.15, -0.1) is 0 Å². The van der Waals surface area contributed by atoms with Gasteiger partial charge < -0.3 is 9.63 Å². The van der Waals surface area contributed by atoms with Gasteiger partial charge in [0.25, 0.3) is 10.0 Å². The summed E-state index contributed by atoms with van der Waals surface area (Å²) in [6.45, 7) is 1.60. The van der Waals surface area contributed by atoms with Crippen molar-refractivity contribution in [1.82, 2.24) is 5.16 Å². The summed E-state index contributed by atoms with van der Waals surface area (Å²) >= 11 is 8.83. The minimum Gasteiger partial charge on any atom is -0.478 e. The number of rotatable bonds is 4. The summed E-state index contributed by atoms with van der Waals surface area (Å²) in [4.78, 5) is 10.8. The van der Waals surface area contributed by atoms with Crippen LogP contribution in [0.4, 0.5) is 5.82 Å². The molecule has 0 spiro atoms. The lowest BCUT2D eigenvalue weighted by Gasteiger charge is -2.08. The first-order chi connectivity index (χ1) is 9.70. The molecule has 0 atom stereocenters. The number of halogens is 2. The Labute approximate surface area is 133 Å². The number of carboxylic acids is 1. The van der Waals surface area contributed by atoms with Gasteiger partial charge in [-0.2, -0.15) is 0 Å². The molecule has 0 saturated carbocycles. The number of carbonyl (C=O) groups is 1. The van der Waals surface area contributed by atoms with Crippen LogP contribution in [0.15, 0.2) is 32.1 Å². The second-order valence-electron chi connectivity index (χ2n) is 4.00. The van der Waals surface area contributed by atoms with Crippen LogP contribution in [0, 0.1) is 6.92 Å². The number of anilines is 1. The first kappa shape index (κ1) is 15.8. The van der Waals surface area contributed by atoms with Gasteiger partial charge >= 0.3 is 5.97 Å². The van der Waals surface area contributed by atoms with E-state index in [4.69, 9.17) is 21.2 Å². The third kappa shape index (κ3) is 3.36. The zero-order chi connectivity index (χ0) is 15.8. The van der Waals surface area contributed by atoms with E-state index in [-0.39, 0.29) is 25.8 Å². The topological polar surface area (TPSA) is 110 Å². The predicted octanol–water partition coefficient (Wildman–Crippen LogP) is 2.90. The van der Waals surface area contributed by atoms with Crippen LogP contribution in [0.2, 0.25) is 5.02 Å². The second-order valence-corrected chi connectivity index (χ2v) is 6.91. The van der Waals surface area contributed by atoms with Crippen LogP contribution in [-0.4, -0.2) is 24.7 Å². The Morgan fingerprint density at radius 1 is 1.43 bits per heavy atom. The van der Waals surface area contributed by atoms with Crippen LogP contribution in [0.1, 0.15) is 16.1 Å². The van der Waals surface area contributed by atoms with E-state index in [0.29, 0.717) is 5.76 Å². The molecule has 2 aromatic rings. The Morgan fingerprint density at radius 3 is 2.62 bits per heavy atom. The SMILES string of the molecule is Cc1cc(NS(=O)(=O)c2cc(Br)c(Cl)c(C(=O)O)c2)no1. The number of sulfonamides is 1. The summed E-state index contributed by atoms with van der Waals surface area (Å²) in [6, 6.07) is 3.55. The largest absolute Gasteiger partial charge is 0.478 e. The first-order valence-electron chi connectivity index (χ1n) is 5.39. The molecule has 1 heterocycles. The Morgan fingerprint density at radius 2 is 2.10 bits per heavy atom. The molecule has 2 N–H and O–H groups in total. The van der Waals surface area contributed by atoms with Crippen molar-refractivity contribution in [3.05, 3.63) is 39.0 Å². The van der Waals surface area contributed by atoms with Crippen molar-refractivity contribution in [1.29, 1.82) is 0 Å². The number of aromatic carboxylic acids is 1. The van der Waals surface area contributed by atoms with Gasteiger partial charge in [-0.25, -0.2) is 13.2 Å². The van der Waals surface area contributed by atoms with Crippen LogP contribution in [0.3, 0.4) is 0 Å². The summed E-state index contributed by atoms with van der Waals surface area (Å²) in [5.74, 6) is -0.915. The van der Waals surface area contributed by atoms with Crippen LogP contribution in [0.5, 0.6) is 0 Å². The van der Waals surface area contributed by atoms with Crippen LogP contribution in [0.25, 0.3) is 0 Å².